The van der Waals surface area contributed by atoms with Crippen LogP contribution in [0.2, 0.25) is 0 Å². The van der Waals surface area contributed by atoms with Crippen molar-refractivity contribution in [2.24, 2.45) is 0 Å². The van der Waals surface area contributed by atoms with Crippen LogP contribution in [-0.2, 0) is 4.79 Å². The monoisotopic (exact) mass is 352 g/mol. The van der Waals surface area contributed by atoms with Crippen LogP contribution in [0.25, 0.3) is 6.08 Å². The summed E-state index contributed by atoms with van der Waals surface area (Å²) in [4.78, 5) is 26.3. The van der Waals surface area contributed by atoms with Gasteiger partial charge in [0.1, 0.15) is 5.70 Å². The van der Waals surface area contributed by atoms with Crippen LogP contribution in [0, 0.1) is 6.92 Å². The summed E-state index contributed by atoms with van der Waals surface area (Å²) in [6.07, 6.45) is 1.68. The fraction of sp³-hybridized carbons (Fsp3) is 0.238. The highest BCUT2D eigenvalue weighted by molar-refractivity contribution is 6.05. The van der Waals surface area contributed by atoms with Gasteiger partial charge in [-0.1, -0.05) is 48.0 Å². The molecule has 2 aromatic rings. The Bertz CT molecular complexity index is 766. The van der Waals surface area contributed by atoms with Crippen molar-refractivity contribution in [2.45, 2.75) is 6.92 Å². The van der Waals surface area contributed by atoms with E-state index in [4.69, 9.17) is 0 Å². The van der Waals surface area contributed by atoms with Gasteiger partial charge in [-0.05, 0) is 30.7 Å². The highest BCUT2D eigenvalue weighted by Crippen LogP contribution is 2.08. The first-order chi connectivity index (χ1) is 12.5. The van der Waals surface area contributed by atoms with E-state index in [-0.39, 0.29) is 17.5 Å². The van der Waals surface area contributed by atoms with Gasteiger partial charge in [0.25, 0.3) is 11.8 Å². The maximum Gasteiger partial charge on any atom is 0.268 e. The Labute approximate surface area is 154 Å². The summed E-state index contributed by atoms with van der Waals surface area (Å²) in [5, 5.41) is 5.60. The van der Waals surface area contributed by atoms with Crippen LogP contribution in [0.1, 0.15) is 21.5 Å². The Morgan fingerprint density at radius 1 is 1.00 bits per heavy atom. The van der Waals surface area contributed by atoms with Crippen LogP contribution in [0.5, 0.6) is 0 Å². The van der Waals surface area contributed by atoms with E-state index in [2.05, 4.69) is 10.6 Å². The van der Waals surface area contributed by atoms with Gasteiger partial charge in [-0.15, -0.1) is 0 Å². The molecular formula is C21H26N3O2+. The molecule has 0 saturated heterocycles. The number of hydrogen-bond acceptors (Lipinski definition) is 2. The number of rotatable bonds is 7. The molecule has 0 spiro atoms. The molecule has 2 aromatic carbocycles. The van der Waals surface area contributed by atoms with Gasteiger partial charge in [0.15, 0.2) is 0 Å². The molecule has 0 saturated carbocycles. The Balaban J connectivity index is 2.17. The van der Waals surface area contributed by atoms with Gasteiger partial charge in [-0.25, -0.2) is 0 Å². The first kappa shape index (κ1) is 19.4. The normalized spacial score (nSPS) is 11.3. The van der Waals surface area contributed by atoms with Crippen LogP contribution in [0.15, 0.2) is 60.3 Å². The minimum absolute atomic E-state index is 0.232. The zero-order chi connectivity index (χ0) is 18.9. The molecule has 0 bridgehead atoms. The third-order valence-corrected chi connectivity index (χ3v) is 3.83. The fourth-order valence-electron chi connectivity index (χ4n) is 2.30. The molecule has 5 heteroatoms. The summed E-state index contributed by atoms with van der Waals surface area (Å²) in [6, 6.07) is 16.7. The van der Waals surface area contributed by atoms with Gasteiger partial charge < -0.3 is 15.5 Å². The average molecular weight is 352 g/mol. The zero-order valence-corrected chi connectivity index (χ0v) is 15.5. The number of aryl methyl sites for hydroxylation is 1. The van der Waals surface area contributed by atoms with Crippen molar-refractivity contribution in [3.63, 3.8) is 0 Å². The van der Waals surface area contributed by atoms with Crippen LogP contribution in [-0.4, -0.2) is 39.0 Å². The molecule has 2 amide bonds. The molecule has 5 nitrogen and oxygen atoms in total. The zero-order valence-electron chi connectivity index (χ0n) is 15.5. The molecule has 0 unspecified atom stereocenters. The van der Waals surface area contributed by atoms with E-state index in [1.165, 1.54) is 4.90 Å². The number of hydrogen-bond donors (Lipinski definition) is 3. The van der Waals surface area contributed by atoms with Crippen LogP contribution >= 0.6 is 0 Å². The number of quaternary nitrogens is 1. The van der Waals surface area contributed by atoms with Crippen molar-refractivity contribution in [1.82, 2.24) is 10.6 Å². The van der Waals surface area contributed by atoms with Crippen LogP contribution < -0.4 is 15.5 Å². The standard InChI is InChI=1S/C21H25N3O2/c1-16-9-11-18(12-10-16)20(25)23-19(15-17-7-5-4-6-8-17)21(26)22-13-14-24(2)3/h4-12,15H,13-14H2,1-3H3,(H,22,26)(H,23,25)/p+1/b19-15+. The molecule has 26 heavy (non-hydrogen) atoms. The molecule has 2 rings (SSSR count). The number of amides is 2. The van der Waals surface area contributed by atoms with Crippen LogP contribution in [0.3, 0.4) is 0 Å². The SMILES string of the molecule is Cc1ccc(C(=O)N/C(=C/c2ccccc2)C(=O)NCC[NH+](C)C)cc1. The molecule has 0 radical (unpaired) electrons. The minimum Gasteiger partial charge on any atom is -0.345 e. The van der Waals surface area contributed by atoms with E-state index < -0.39 is 0 Å². The molecule has 3 N–H and O–H groups in total. The van der Waals surface area contributed by atoms with Gasteiger partial charge in [0, 0.05) is 5.56 Å². The Morgan fingerprint density at radius 2 is 1.65 bits per heavy atom. The molecule has 0 aliphatic rings. The molecule has 136 valence electrons. The van der Waals surface area contributed by atoms with Crippen molar-refractivity contribution in [3.05, 3.63) is 77.0 Å². The second-order valence-electron chi connectivity index (χ2n) is 6.50. The Kier molecular flexibility index (Phi) is 7.12. The first-order valence-electron chi connectivity index (χ1n) is 8.67. The van der Waals surface area contributed by atoms with Gasteiger partial charge in [0.2, 0.25) is 0 Å². The third kappa shape index (κ3) is 6.18. The van der Waals surface area contributed by atoms with E-state index in [1.807, 2.05) is 63.5 Å². The summed E-state index contributed by atoms with van der Waals surface area (Å²) < 4.78 is 0. The maximum absolute atomic E-state index is 12.5. The largest absolute Gasteiger partial charge is 0.345 e. The molecule has 0 aliphatic heterocycles. The molecule has 0 heterocycles. The lowest BCUT2D eigenvalue weighted by atomic mass is 10.1. The topological polar surface area (TPSA) is 62.6 Å². The number of carbonyl (C=O) groups excluding carboxylic acids is 2. The molecule has 0 aromatic heterocycles. The van der Waals surface area contributed by atoms with Crippen molar-refractivity contribution < 1.29 is 14.5 Å². The highest BCUT2D eigenvalue weighted by Gasteiger charge is 2.14. The molecular weight excluding hydrogens is 326 g/mol. The van der Waals surface area contributed by atoms with Gasteiger partial charge in [-0.3, -0.25) is 9.59 Å². The number of benzene rings is 2. The fourth-order valence-corrected chi connectivity index (χ4v) is 2.30. The molecule has 0 aliphatic carbocycles. The lowest BCUT2D eigenvalue weighted by molar-refractivity contribution is -0.856. The van der Waals surface area contributed by atoms with Gasteiger partial charge in [0.05, 0.1) is 27.2 Å². The number of likely N-dealkylation sites (N-methyl/N-ethyl adjacent to an activating group) is 1. The summed E-state index contributed by atoms with van der Waals surface area (Å²) in [5.74, 6) is -0.601. The lowest BCUT2D eigenvalue weighted by Gasteiger charge is -2.12. The van der Waals surface area contributed by atoms with Crippen LogP contribution in [0.4, 0.5) is 0 Å². The van der Waals surface area contributed by atoms with Gasteiger partial charge in [-0.2, -0.15) is 0 Å². The van der Waals surface area contributed by atoms with E-state index in [1.54, 1.807) is 18.2 Å². The van der Waals surface area contributed by atoms with Gasteiger partial charge >= 0.3 is 0 Å². The van der Waals surface area contributed by atoms with E-state index >= 15 is 0 Å². The average Bonchev–Trinajstić information content (AvgIpc) is 2.62. The van der Waals surface area contributed by atoms with E-state index in [0.717, 1.165) is 17.7 Å². The summed E-state index contributed by atoms with van der Waals surface area (Å²) in [6.45, 7) is 3.30. The minimum atomic E-state index is -0.305. The third-order valence-electron chi connectivity index (χ3n) is 3.83. The maximum atomic E-state index is 12.5. The van der Waals surface area contributed by atoms with Crippen molar-refractivity contribution in [2.75, 3.05) is 27.2 Å². The number of carbonyl (C=O) groups is 2. The predicted octanol–water partition coefficient (Wildman–Crippen LogP) is 1.03. The van der Waals surface area contributed by atoms with E-state index in [0.29, 0.717) is 12.1 Å². The van der Waals surface area contributed by atoms with Crippen molar-refractivity contribution in [1.29, 1.82) is 0 Å². The Morgan fingerprint density at radius 3 is 2.27 bits per heavy atom. The summed E-state index contributed by atoms with van der Waals surface area (Å²) >= 11 is 0. The lowest BCUT2D eigenvalue weighted by Crippen LogP contribution is -3.06. The quantitative estimate of drug-likeness (QED) is 0.652. The van der Waals surface area contributed by atoms with Crippen molar-refractivity contribution in [3.8, 4) is 0 Å². The summed E-state index contributed by atoms with van der Waals surface area (Å²) in [7, 11) is 4.04. The molecule has 0 fully saturated rings. The summed E-state index contributed by atoms with van der Waals surface area (Å²) in [5.41, 5.74) is 2.67. The highest BCUT2D eigenvalue weighted by atomic mass is 16.2. The second kappa shape index (κ2) is 9.53. The number of nitrogens with one attached hydrogen (secondary N) is 3. The van der Waals surface area contributed by atoms with E-state index in [9.17, 15) is 9.59 Å². The smallest absolute Gasteiger partial charge is 0.268 e. The second-order valence-corrected chi connectivity index (χ2v) is 6.50. The molecule has 0 atom stereocenters. The Hall–Kier alpha value is -2.92. The van der Waals surface area contributed by atoms with Crippen molar-refractivity contribution >= 4 is 17.9 Å². The predicted molar refractivity (Wildman–Crippen MR) is 104 cm³/mol. The first-order valence-corrected chi connectivity index (χ1v) is 8.67.